The zero-order valence-corrected chi connectivity index (χ0v) is 9.14. The molecule has 0 aliphatic rings. The summed E-state index contributed by atoms with van der Waals surface area (Å²) in [6.45, 7) is 2.00. The minimum atomic E-state index is 0.0549. The summed E-state index contributed by atoms with van der Waals surface area (Å²) >= 11 is 0. The smallest absolute Gasteiger partial charge is 0.116 e. The van der Waals surface area contributed by atoms with Crippen molar-refractivity contribution in [3.05, 3.63) is 53.6 Å². The van der Waals surface area contributed by atoms with Gasteiger partial charge in [-0.25, -0.2) is 0 Å². The van der Waals surface area contributed by atoms with Crippen molar-refractivity contribution >= 4 is 0 Å². The number of aliphatic hydroxyl groups is 1. The molecular weight excluding hydrogens is 200 g/mol. The molecule has 0 radical (unpaired) electrons. The van der Waals surface area contributed by atoms with Crippen molar-refractivity contribution in [1.82, 2.24) is 0 Å². The van der Waals surface area contributed by atoms with Gasteiger partial charge in [0.2, 0.25) is 0 Å². The van der Waals surface area contributed by atoms with Gasteiger partial charge < -0.3 is 10.2 Å². The van der Waals surface area contributed by atoms with Crippen LogP contribution in [0.3, 0.4) is 0 Å². The van der Waals surface area contributed by atoms with Crippen molar-refractivity contribution < 1.29 is 10.2 Å². The van der Waals surface area contributed by atoms with Crippen LogP contribution >= 0.6 is 0 Å². The summed E-state index contributed by atoms with van der Waals surface area (Å²) in [5.41, 5.74) is 3.94. The molecule has 0 spiro atoms. The molecule has 0 heterocycles. The fourth-order valence-corrected chi connectivity index (χ4v) is 1.73. The average Bonchev–Trinajstić information content (AvgIpc) is 2.28. The molecule has 2 aromatic carbocycles. The highest BCUT2D eigenvalue weighted by atomic mass is 16.3. The van der Waals surface area contributed by atoms with Gasteiger partial charge in [-0.3, -0.25) is 0 Å². The maximum absolute atomic E-state index is 9.52. The first-order valence-corrected chi connectivity index (χ1v) is 5.20. The second kappa shape index (κ2) is 4.37. The highest BCUT2D eigenvalue weighted by molar-refractivity contribution is 5.66. The third kappa shape index (κ3) is 2.23. The van der Waals surface area contributed by atoms with Crippen molar-refractivity contribution in [3.63, 3.8) is 0 Å². The molecule has 0 amide bonds. The van der Waals surface area contributed by atoms with Crippen molar-refractivity contribution in [2.75, 3.05) is 0 Å². The Hall–Kier alpha value is -1.80. The lowest BCUT2D eigenvalue weighted by Gasteiger charge is -2.05. The van der Waals surface area contributed by atoms with Crippen LogP contribution in [0, 0.1) is 6.92 Å². The molecule has 82 valence electrons. The Kier molecular flexibility index (Phi) is 2.93. The highest BCUT2D eigenvalue weighted by Gasteiger charge is 2.00. The van der Waals surface area contributed by atoms with Crippen molar-refractivity contribution in [3.8, 4) is 16.9 Å². The zero-order chi connectivity index (χ0) is 11.5. The first-order chi connectivity index (χ1) is 7.69. The fourth-order valence-electron chi connectivity index (χ4n) is 1.73. The summed E-state index contributed by atoms with van der Waals surface area (Å²) < 4.78 is 0. The number of hydrogen-bond acceptors (Lipinski definition) is 2. The van der Waals surface area contributed by atoms with Gasteiger partial charge in [0.05, 0.1) is 6.61 Å². The summed E-state index contributed by atoms with van der Waals surface area (Å²) in [6.07, 6.45) is 0. The SMILES string of the molecule is Cc1cc(O)cc(-c2ccc(CO)cc2)c1. The number of benzene rings is 2. The highest BCUT2D eigenvalue weighted by Crippen LogP contribution is 2.25. The lowest BCUT2D eigenvalue weighted by Crippen LogP contribution is -1.84. The molecule has 2 heteroatoms. The molecule has 2 aromatic rings. The van der Waals surface area contributed by atoms with E-state index in [2.05, 4.69) is 0 Å². The van der Waals surface area contributed by atoms with E-state index in [1.807, 2.05) is 37.3 Å². The van der Waals surface area contributed by atoms with Crippen LogP contribution in [0.5, 0.6) is 5.75 Å². The summed E-state index contributed by atoms with van der Waals surface area (Å²) in [4.78, 5) is 0. The maximum atomic E-state index is 9.52. The Morgan fingerprint density at radius 3 is 2.19 bits per heavy atom. The van der Waals surface area contributed by atoms with Gasteiger partial charge in [-0.05, 0) is 41.3 Å². The standard InChI is InChI=1S/C14H14O2/c1-10-6-13(8-14(16)7-10)12-4-2-11(9-15)3-5-12/h2-8,15-16H,9H2,1H3. The fraction of sp³-hybridized carbons (Fsp3) is 0.143. The van der Waals surface area contributed by atoms with E-state index < -0.39 is 0 Å². The predicted octanol–water partition coefficient (Wildman–Crippen LogP) is 2.86. The molecule has 2 nitrogen and oxygen atoms in total. The average molecular weight is 214 g/mol. The molecule has 0 atom stereocenters. The summed E-state index contributed by atoms with van der Waals surface area (Å²) in [6, 6.07) is 13.1. The van der Waals surface area contributed by atoms with E-state index >= 15 is 0 Å². The monoisotopic (exact) mass is 214 g/mol. The number of phenols is 1. The maximum Gasteiger partial charge on any atom is 0.116 e. The van der Waals surface area contributed by atoms with Gasteiger partial charge in [0, 0.05) is 0 Å². The van der Waals surface area contributed by atoms with E-state index in [-0.39, 0.29) is 12.4 Å². The minimum Gasteiger partial charge on any atom is -0.508 e. The topological polar surface area (TPSA) is 40.5 Å². The Bertz CT molecular complexity index is 466. The van der Waals surface area contributed by atoms with E-state index in [1.165, 1.54) is 0 Å². The van der Waals surface area contributed by atoms with E-state index in [4.69, 9.17) is 5.11 Å². The third-order valence-corrected chi connectivity index (χ3v) is 2.53. The number of aromatic hydroxyl groups is 1. The van der Waals surface area contributed by atoms with Gasteiger partial charge in [0.25, 0.3) is 0 Å². The van der Waals surface area contributed by atoms with Crippen LogP contribution in [0.2, 0.25) is 0 Å². The molecule has 0 aromatic heterocycles. The van der Waals surface area contributed by atoms with E-state index in [1.54, 1.807) is 12.1 Å². The number of phenolic OH excluding ortho intramolecular Hbond substituents is 1. The lowest BCUT2D eigenvalue weighted by atomic mass is 10.0. The second-order valence-electron chi connectivity index (χ2n) is 3.91. The molecule has 0 saturated carbocycles. The minimum absolute atomic E-state index is 0.0549. The first kappa shape index (κ1) is 10.7. The quantitative estimate of drug-likeness (QED) is 0.807. The van der Waals surface area contributed by atoms with Crippen LogP contribution in [-0.4, -0.2) is 10.2 Å². The van der Waals surface area contributed by atoms with Crippen molar-refractivity contribution in [2.24, 2.45) is 0 Å². The number of hydrogen-bond donors (Lipinski definition) is 2. The predicted molar refractivity (Wildman–Crippen MR) is 64.2 cm³/mol. The molecule has 16 heavy (non-hydrogen) atoms. The van der Waals surface area contributed by atoms with E-state index in [9.17, 15) is 5.11 Å². The first-order valence-electron chi connectivity index (χ1n) is 5.20. The van der Waals surface area contributed by atoms with Crippen molar-refractivity contribution in [2.45, 2.75) is 13.5 Å². The van der Waals surface area contributed by atoms with Crippen LogP contribution < -0.4 is 0 Å². The number of aryl methyl sites for hydroxylation is 1. The Balaban J connectivity index is 2.42. The molecule has 2 rings (SSSR count). The summed E-state index contributed by atoms with van der Waals surface area (Å²) in [5.74, 6) is 0.279. The largest absolute Gasteiger partial charge is 0.508 e. The number of aliphatic hydroxyl groups excluding tert-OH is 1. The normalized spacial score (nSPS) is 10.4. The molecule has 0 bridgehead atoms. The van der Waals surface area contributed by atoms with Crippen LogP contribution in [0.1, 0.15) is 11.1 Å². The summed E-state index contributed by atoms with van der Waals surface area (Å²) in [5, 5.41) is 18.5. The van der Waals surface area contributed by atoms with Gasteiger partial charge in [0.15, 0.2) is 0 Å². The van der Waals surface area contributed by atoms with Gasteiger partial charge in [-0.2, -0.15) is 0 Å². The zero-order valence-electron chi connectivity index (χ0n) is 9.14. The van der Waals surface area contributed by atoms with Crippen LogP contribution in [0.15, 0.2) is 42.5 Å². The molecule has 0 aliphatic heterocycles. The Morgan fingerprint density at radius 2 is 1.62 bits per heavy atom. The molecule has 0 fully saturated rings. The molecule has 0 unspecified atom stereocenters. The lowest BCUT2D eigenvalue weighted by molar-refractivity contribution is 0.282. The Morgan fingerprint density at radius 1 is 0.938 bits per heavy atom. The van der Waals surface area contributed by atoms with E-state index in [0.717, 1.165) is 22.3 Å². The van der Waals surface area contributed by atoms with Gasteiger partial charge in [-0.1, -0.05) is 30.3 Å². The van der Waals surface area contributed by atoms with Crippen molar-refractivity contribution in [1.29, 1.82) is 0 Å². The van der Waals surface area contributed by atoms with Crippen LogP contribution in [-0.2, 0) is 6.61 Å². The van der Waals surface area contributed by atoms with Crippen LogP contribution in [0.4, 0.5) is 0 Å². The molecule has 0 saturated heterocycles. The van der Waals surface area contributed by atoms with Gasteiger partial charge in [0.1, 0.15) is 5.75 Å². The van der Waals surface area contributed by atoms with Crippen LogP contribution in [0.25, 0.3) is 11.1 Å². The summed E-state index contributed by atoms with van der Waals surface area (Å²) in [7, 11) is 0. The third-order valence-electron chi connectivity index (χ3n) is 2.53. The number of rotatable bonds is 2. The molecule has 2 N–H and O–H groups in total. The van der Waals surface area contributed by atoms with E-state index in [0.29, 0.717) is 0 Å². The van der Waals surface area contributed by atoms with Gasteiger partial charge in [-0.15, -0.1) is 0 Å². The molecular formula is C14H14O2. The second-order valence-corrected chi connectivity index (χ2v) is 3.91. The molecule has 0 aliphatic carbocycles. The Labute approximate surface area is 94.8 Å². The van der Waals surface area contributed by atoms with Gasteiger partial charge >= 0.3 is 0 Å².